The summed E-state index contributed by atoms with van der Waals surface area (Å²) in [6, 6.07) is 0. The molecule has 6 nitrogen and oxygen atoms in total. The summed E-state index contributed by atoms with van der Waals surface area (Å²) in [6.07, 6.45) is -1.46. The minimum absolute atomic E-state index is 0.0286. The van der Waals surface area contributed by atoms with Gasteiger partial charge in [-0.15, -0.1) is 10.2 Å². The average Bonchev–Trinajstić information content (AvgIpc) is 3.03. The third-order valence-electron chi connectivity index (χ3n) is 4.22. The minimum Gasteiger partial charge on any atom is -0.332 e. The molecule has 0 bridgehead atoms. The summed E-state index contributed by atoms with van der Waals surface area (Å²) in [5, 5.41) is 6.76. The van der Waals surface area contributed by atoms with E-state index in [-0.39, 0.29) is 31.4 Å². The molecule has 1 aromatic rings. The maximum absolute atomic E-state index is 12.7. The fourth-order valence-corrected chi connectivity index (χ4v) is 3.08. The lowest BCUT2D eigenvalue weighted by atomic mass is 9.97. The van der Waals surface area contributed by atoms with Crippen LogP contribution in [0.25, 0.3) is 0 Å². The second kappa shape index (κ2) is 4.69. The van der Waals surface area contributed by atoms with Crippen molar-refractivity contribution in [3.05, 3.63) is 11.6 Å². The molecule has 21 heavy (non-hydrogen) atoms. The SMILES string of the molecule is NC1(C(=O)N2CCn3c(nnc3C(F)(F)F)C2)CCCC1. The Morgan fingerprint density at radius 1 is 1.19 bits per heavy atom. The van der Waals surface area contributed by atoms with Crippen LogP contribution in [0.5, 0.6) is 0 Å². The standard InChI is InChI=1S/C12H16F3N5O/c13-12(14,15)9-18-17-8-7-19(5-6-20(8)9)10(21)11(16)3-1-2-4-11/h1-7,16H2. The van der Waals surface area contributed by atoms with Crippen LogP contribution in [-0.2, 0) is 24.1 Å². The zero-order valence-electron chi connectivity index (χ0n) is 11.4. The Kier molecular flexibility index (Phi) is 3.19. The number of nitrogens with zero attached hydrogens (tertiary/aromatic N) is 4. The van der Waals surface area contributed by atoms with E-state index < -0.39 is 17.5 Å². The molecule has 1 aliphatic carbocycles. The van der Waals surface area contributed by atoms with Gasteiger partial charge in [0.15, 0.2) is 5.82 Å². The number of nitrogens with two attached hydrogens (primary N) is 1. The summed E-state index contributed by atoms with van der Waals surface area (Å²) in [5.74, 6) is -1.04. The lowest BCUT2D eigenvalue weighted by molar-refractivity contribution is -0.148. The fourth-order valence-electron chi connectivity index (χ4n) is 3.08. The summed E-state index contributed by atoms with van der Waals surface area (Å²) in [5.41, 5.74) is 5.25. The van der Waals surface area contributed by atoms with Crippen LogP contribution in [0.2, 0.25) is 0 Å². The van der Waals surface area contributed by atoms with Crippen molar-refractivity contribution >= 4 is 5.91 Å². The van der Waals surface area contributed by atoms with Crippen LogP contribution in [0.15, 0.2) is 0 Å². The van der Waals surface area contributed by atoms with E-state index in [0.29, 0.717) is 12.8 Å². The number of aromatic nitrogens is 3. The molecule has 2 aliphatic rings. The third kappa shape index (κ3) is 2.39. The molecule has 1 saturated carbocycles. The van der Waals surface area contributed by atoms with Crippen LogP contribution in [0.4, 0.5) is 13.2 Å². The minimum atomic E-state index is -4.53. The van der Waals surface area contributed by atoms with Crippen molar-refractivity contribution in [3.8, 4) is 0 Å². The monoisotopic (exact) mass is 303 g/mol. The second-order valence-electron chi connectivity index (χ2n) is 5.68. The van der Waals surface area contributed by atoms with Gasteiger partial charge < -0.3 is 15.2 Å². The highest BCUT2D eigenvalue weighted by Gasteiger charge is 2.43. The molecule has 0 saturated heterocycles. The maximum Gasteiger partial charge on any atom is 0.451 e. The van der Waals surface area contributed by atoms with Crippen molar-refractivity contribution < 1.29 is 18.0 Å². The Labute approximate surface area is 119 Å². The van der Waals surface area contributed by atoms with Crippen LogP contribution < -0.4 is 5.73 Å². The smallest absolute Gasteiger partial charge is 0.332 e. The van der Waals surface area contributed by atoms with Crippen molar-refractivity contribution in [2.24, 2.45) is 5.73 Å². The van der Waals surface area contributed by atoms with E-state index in [1.54, 1.807) is 0 Å². The van der Waals surface area contributed by atoms with Crippen molar-refractivity contribution in [2.75, 3.05) is 6.54 Å². The zero-order chi connectivity index (χ0) is 15.3. The first-order valence-electron chi connectivity index (χ1n) is 6.89. The maximum atomic E-state index is 12.7. The molecule has 0 aromatic carbocycles. The number of rotatable bonds is 1. The van der Waals surface area contributed by atoms with Crippen molar-refractivity contribution in [1.29, 1.82) is 0 Å². The Bertz CT molecular complexity index is 562. The van der Waals surface area contributed by atoms with E-state index in [4.69, 9.17) is 5.73 Å². The van der Waals surface area contributed by atoms with E-state index in [0.717, 1.165) is 17.4 Å². The fraction of sp³-hybridized carbons (Fsp3) is 0.750. The third-order valence-corrected chi connectivity index (χ3v) is 4.22. The number of alkyl halides is 3. The van der Waals surface area contributed by atoms with Gasteiger partial charge in [-0.2, -0.15) is 13.2 Å². The summed E-state index contributed by atoms with van der Waals surface area (Å²) in [4.78, 5) is 14.0. The molecule has 1 aromatic heterocycles. The van der Waals surface area contributed by atoms with Crippen molar-refractivity contribution in [1.82, 2.24) is 19.7 Å². The first-order chi connectivity index (χ1) is 9.81. The lowest BCUT2D eigenvalue weighted by Gasteiger charge is -2.34. The highest BCUT2D eigenvalue weighted by molar-refractivity contribution is 5.86. The number of carbonyl (C=O) groups excluding carboxylic acids is 1. The lowest BCUT2D eigenvalue weighted by Crippen LogP contribution is -2.55. The van der Waals surface area contributed by atoms with Crippen LogP contribution in [0.3, 0.4) is 0 Å². The van der Waals surface area contributed by atoms with Crippen LogP contribution in [-0.4, -0.2) is 37.7 Å². The molecule has 0 atom stereocenters. The highest BCUT2D eigenvalue weighted by atomic mass is 19.4. The first kappa shape index (κ1) is 14.3. The quantitative estimate of drug-likeness (QED) is 0.836. The van der Waals surface area contributed by atoms with Gasteiger partial charge in [-0.05, 0) is 12.8 Å². The Morgan fingerprint density at radius 2 is 1.86 bits per heavy atom. The number of carbonyl (C=O) groups is 1. The predicted molar refractivity (Wildman–Crippen MR) is 65.8 cm³/mol. The molecule has 1 fully saturated rings. The number of fused-ring (bicyclic) bond motifs is 1. The highest BCUT2D eigenvalue weighted by Crippen LogP contribution is 2.32. The topological polar surface area (TPSA) is 77.0 Å². The Hall–Kier alpha value is -1.64. The molecule has 0 radical (unpaired) electrons. The van der Waals surface area contributed by atoms with Gasteiger partial charge in [-0.3, -0.25) is 4.79 Å². The van der Waals surface area contributed by atoms with Gasteiger partial charge >= 0.3 is 6.18 Å². The van der Waals surface area contributed by atoms with Gasteiger partial charge in [-0.1, -0.05) is 12.8 Å². The predicted octanol–water partition coefficient (Wildman–Crippen LogP) is 0.911. The van der Waals surface area contributed by atoms with E-state index in [1.165, 1.54) is 4.90 Å². The Morgan fingerprint density at radius 3 is 2.48 bits per heavy atom. The van der Waals surface area contributed by atoms with Gasteiger partial charge in [0, 0.05) is 13.1 Å². The molecular formula is C12H16F3N5O. The molecule has 9 heteroatoms. The zero-order valence-corrected chi connectivity index (χ0v) is 11.4. The normalized spacial score (nSPS) is 21.4. The summed E-state index contributed by atoms with van der Waals surface area (Å²) < 4.78 is 39.3. The van der Waals surface area contributed by atoms with E-state index >= 15 is 0 Å². The molecule has 1 aliphatic heterocycles. The molecule has 2 N–H and O–H groups in total. The molecule has 1 amide bonds. The number of hydrogen-bond donors (Lipinski definition) is 1. The van der Waals surface area contributed by atoms with Crippen molar-refractivity contribution in [2.45, 2.75) is 50.5 Å². The Balaban J connectivity index is 1.79. The van der Waals surface area contributed by atoms with Gasteiger partial charge in [0.05, 0.1) is 12.1 Å². The van der Waals surface area contributed by atoms with Crippen LogP contribution in [0.1, 0.15) is 37.3 Å². The van der Waals surface area contributed by atoms with Crippen LogP contribution >= 0.6 is 0 Å². The largest absolute Gasteiger partial charge is 0.451 e. The summed E-state index contributed by atoms with van der Waals surface area (Å²) in [7, 11) is 0. The van der Waals surface area contributed by atoms with E-state index in [2.05, 4.69) is 10.2 Å². The molecule has 2 heterocycles. The molecule has 3 rings (SSSR count). The van der Waals surface area contributed by atoms with Gasteiger partial charge in [0.1, 0.15) is 0 Å². The average molecular weight is 303 g/mol. The second-order valence-corrected chi connectivity index (χ2v) is 5.68. The van der Waals surface area contributed by atoms with Gasteiger partial charge in [0.25, 0.3) is 0 Å². The van der Waals surface area contributed by atoms with Gasteiger partial charge in [-0.25, -0.2) is 0 Å². The molecule has 116 valence electrons. The summed E-state index contributed by atoms with van der Waals surface area (Å²) in [6.45, 7) is 0.270. The first-order valence-corrected chi connectivity index (χ1v) is 6.89. The molecular weight excluding hydrogens is 287 g/mol. The molecule has 0 spiro atoms. The van der Waals surface area contributed by atoms with Crippen molar-refractivity contribution in [3.63, 3.8) is 0 Å². The summed E-state index contributed by atoms with van der Waals surface area (Å²) >= 11 is 0. The number of halogens is 3. The number of amides is 1. The van der Waals surface area contributed by atoms with E-state index in [9.17, 15) is 18.0 Å². The van der Waals surface area contributed by atoms with E-state index in [1.807, 2.05) is 0 Å². The van der Waals surface area contributed by atoms with Crippen LogP contribution in [0, 0.1) is 0 Å². The van der Waals surface area contributed by atoms with Gasteiger partial charge in [0.2, 0.25) is 11.7 Å². The number of hydrogen-bond acceptors (Lipinski definition) is 4. The molecule has 0 unspecified atom stereocenters.